The van der Waals surface area contributed by atoms with Crippen molar-refractivity contribution in [2.75, 3.05) is 7.05 Å². The fraction of sp³-hybridized carbons (Fsp3) is 0.188. The molecule has 1 saturated heterocycles. The lowest BCUT2D eigenvalue weighted by atomic mass is 10.2. The molecule has 1 aromatic carbocycles. The van der Waals surface area contributed by atoms with E-state index in [9.17, 15) is 4.79 Å². The Labute approximate surface area is 132 Å². The first-order valence-corrected chi connectivity index (χ1v) is 7.42. The number of carbonyl (C=O) groups is 1. The Kier molecular flexibility index (Phi) is 3.79. The zero-order chi connectivity index (χ0) is 15.0. The predicted molar refractivity (Wildman–Crippen MR) is 87.4 cm³/mol. The van der Waals surface area contributed by atoms with Crippen LogP contribution < -0.4 is 0 Å². The summed E-state index contributed by atoms with van der Waals surface area (Å²) in [5, 5.41) is 2.10. The summed E-state index contributed by atoms with van der Waals surface area (Å²) in [6, 6.07) is 5.67. The molecule has 0 saturated carbocycles. The van der Waals surface area contributed by atoms with Crippen molar-refractivity contribution >= 4 is 46.1 Å². The molecule has 0 radical (unpaired) electrons. The largest absolute Gasteiger partial charge is 0.355 e. The molecular formula is C16H14Cl2N2O. The predicted octanol–water partition coefficient (Wildman–Crippen LogP) is 4.62. The lowest BCUT2D eigenvalue weighted by molar-refractivity contribution is -0.125. The molecule has 0 unspecified atom stereocenters. The van der Waals surface area contributed by atoms with Crippen molar-refractivity contribution in [3.05, 3.63) is 51.8 Å². The molecule has 2 heterocycles. The molecule has 21 heavy (non-hydrogen) atoms. The van der Waals surface area contributed by atoms with Gasteiger partial charge < -0.3 is 9.88 Å². The van der Waals surface area contributed by atoms with E-state index >= 15 is 0 Å². The second kappa shape index (κ2) is 5.58. The van der Waals surface area contributed by atoms with E-state index in [2.05, 4.69) is 4.98 Å². The minimum atomic E-state index is 0.171. The molecule has 3 nitrogen and oxygen atoms in total. The summed E-state index contributed by atoms with van der Waals surface area (Å²) in [6.07, 6.45) is 7.28. The van der Waals surface area contributed by atoms with E-state index in [0.717, 1.165) is 28.7 Å². The number of hydrogen-bond acceptors (Lipinski definition) is 1. The third-order valence-electron chi connectivity index (χ3n) is 3.65. The smallest absolute Gasteiger partial charge is 0.226 e. The van der Waals surface area contributed by atoms with Crippen molar-refractivity contribution in [1.82, 2.24) is 9.88 Å². The van der Waals surface area contributed by atoms with Crippen molar-refractivity contribution in [1.29, 1.82) is 0 Å². The average molecular weight is 321 g/mol. The number of likely N-dealkylation sites (tertiary alicyclic amines) is 1. The maximum Gasteiger partial charge on any atom is 0.226 e. The Balaban J connectivity index is 1.83. The quantitative estimate of drug-likeness (QED) is 0.860. The van der Waals surface area contributed by atoms with Gasteiger partial charge in [-0.1, -0.05) is 29.3 Å². The SMILES string of the molecule is CN1C(=O)CC/C1=C\C=C\c1cc2cc(Cl)c(Cl)cc2[nH]1. The van der Waals surface area contributed by atoms with E-state index < -0.39 is 0 Å². The lowest BCUT2D eigenvalue weighted by Gasteiger charge is -2.08. The first kappa shape index (κ1) is 14.2. The zero-order valence-corrected chi connectivity index (χ0v) is 13.0. The minimum Gasteiger partial charge on any atom is -0.355 e. The molecule has 5 heteroatoms. The lowest BCUT2D eigenvalue weighted by Crippen LogP contribution is -2.16. The number of carbonyl (C=O) groups excluding carboxylic acids is 1. The number of fused-ring (bicyclic) bond motifs is 1. The Bertz CT molecular complexity index is 735. The highest BCUT2D eigenvalue weighted by Gasteiger charge is 2.20. The summed E-state index contributed by atoms with van der Waals surface area (Å²) in [7, 11) is 1.81. The Morgan fingerprint density at radius 3 is 2.67 bits per heavy atom. The zero-order valence-electron chi connectivity index (χ0n) is 11.5. The molecule has 2 aromatic rings. The number of aromatic amines is 1. The van der Waals surface area contributed by atoms with Gasteiger partial charge in [-0.05, 0) is 36.8 Å². The number of rotatable bonds is 2. The molecule has 0 spiro atoms. The monoisotopic (exact) mass is 320 g/mol. The van der Waals surface area contributed by atoms with Crippen LogP contribution in [0.5, 0.6) is 0 Å². The van der Waals surface area contributed by atoms with Crippen molar-refractivity contribution in [3.63, 3.8) is 0 Å². The second-order valence-corrected chi connectivity index (χ2v) is 5.86. The number of halogens is 2. The normalized spacial score (nSPS) is 17.8. The first-order valence-electron chi connectivity index (χ1n) is 6.66. The van der Waals surface area contributed by atoms with Gasteiger partial charge in [0.25, 0.3) is 0 Å². The van der Waals surface area contributed by atoms with E-state index in [4.69, 9.17) is 23.2 Å². The fourth-order valence-corrected chi connectivity index (χ4v) is 2.76. The van der Waals surface area contributed by atoms with Crippen molar-refractivity contribution < 1.29 is 4.79 Å². The molecule has 108 valence electrons. The van der Waals surface area contributed by atoms with Crippen LogP contribution in [0.1, 0.15) is 18.5 Å². The molecule has 1 aromatic heterocycles. The molecule has 0 atom stereocenters. The molecular weight excluding hydrogens is 307 g/mol. The number of allylic oxidation sites excluding steroid dienone is 3. The van der Waals surface area contributed by atoms with Crippen LogP contribution in [0.4, 0.5) is 0 Å². The standard InChI is InChI=1S/C16H14Cl2N2O/c1-20-12(5-6-16(20)21)4-2-3-11-7-10-8-13(17)14(18)9-15(10)19-11/h2-4,7-9,19H,5-6H2,1H3/b3-2+,12-4+. The third-order valence-corrected chi connectivity index (χ3v) is 4.37. The summed E-state index contributed by atoms with van der Waals surface area (Å²) in [5.74, 6) is 0.171. The van der Waals surface area contributed by atoms with Gasteiger partial charge in [-0.2, -0.15) is 0 Å². The highest BCUT2D eigenvalue weighted by atomic mass is 35.5. The van der Waals surface area contributed by atoms with Gasteiger partial charge in [0, 0.05) is 35.8 Å². The summed E-state index contributed by atoms with van der Waals surface area (Å²) < 4.78 is 0. The minimum absolute atomic E-state index is 0.171. The molecule has 1 aliphatic heterocycles. The van der Waals surface area contributed by atoms with Crippen LogP contribution in [0.15, 0.2) is 36.0 Å². The van der Waals surface area contributed by atoms with Crippen LogP contribution in [0.3, 0.4) is 0 Å². The van der Waals surface area contributed by atoms with Crippen LogP contribution in [-0.2, 0) is 4.79 Å². The van der Waals surface area contributed by atoms with E-state index in [1.54, 1.807) is 4.90 Å². The van der Waals surface area contributed by atoms with E-state index in [1.807, 2.05) is 43.5 Å². The first-order chi connectivity index (χ1) is 10.0. The average Bonchev–Trinajstić information content (AvgIpc) is 2.97. The maximum absolute atomic E-state index is 11.4. The van der Waals surface area contributed by atoms with Crippen LogP contribution in [0.25, 0.3) is 17.0 Å². The van der Waals surface area contributed by atoms with Crippen molar-refractivity contribution in [3.8, 4) is 0 Å². The summed E-state index contributed by atoms with van der Waals surface area (Å²) in [4.78, 5) is 16.4. The van der Waals surface area contributed by atoms with Gasteiger partial charge in [-0.3, -0.25) is 4.79 Å². The Morgan fingerprint density at radius 1 is 1.19 bits per heavy atom. The summed E-state index contributed by atoms with van der Waals surface area (Å²) in [5.41, 5.74) is 2.95. The van der Waals surface area contributed by atoms with Crippen LogP contribution in [0, 0.1) is 0 Å². The van der Waals surface area contributed by atoms with Gasteiger partial charge in [0.05, 0.1) is 10.0 Å². The van der Waals surface area contributed by atoms with Gasteiger partial charge in [0.1, 0.15) is 0 Å². The second-order valence-electron chi connectivity index (χ2n) is 5.05. The third kappa shape index (κ3) is 2.85. The summed E-state index contributed by atoms with van der Waals surface area (Å²) >= 11 is 12.0. The molecule has 1 fully saturated rings. The highest BCUT2D eigenvalue weighted by Crippen LogP contribution is 2.28. The maximum atomic E-state index is 11.4. The Hall–Kier alpha value is -1.71. The van der Waals surface area contributed by atoms with Crippen molar-refractivity contribution in [2.45, 2.75) is 12.8 Å². The van der Waals surface area contributed by atoms with Crippen LogP contribution >= 0.6 is 23.2 Å². The molecule has 0 aliphatic carbocycles. The molecule has 1 aliphatic rings. The number of H-pyrrole nitrogens is 1. The van der Waals surface area contributed by atoms with Gasteiger partial charge in [-0.25, -0.2) is 0 Å². The molecule has 3 rings (SSSR count). The van der Waals surface area contributed by atoms with Gasteiger partial charge in [0.2, 0.25) is 5.91 Å². The fourth-order valence-electron chi connectivity index (χ4n) is 2.43. The number of nitrogens with one attached hydrogen (secondary N) is 1. The molecule has 1 N–H and O–H groups in total. The van der Waals surface area contributed by atoms with E-state index in [1.165, 1.54) is 0 Å². The van der Waals surface area contributed by atoms with E-state index in [-0.39, 0.29) is 5.91 Å². The Morgan fingerprint density at radius 2 is 1.95 bits per heavy atom. The van der Waals surface area contributed by atoms with Gasteiger partial charge in [0.15, 0.2) is 0 Å². The number of aromatic nitrogens is 1. The highest BCUT2D eigenvalue weighted by molar-refractivity contribution is 6.42. The molecule has 0 bridgehead atoms. The number of hydrogen-bond donors (Lipinski definition) is 1. The summed E-state index contributed by atoms with van der Waals surface area (Å²) in [6.45, 7) is 0. The number of nitrogens with zero attached hydrogens (tertiary/aromatic N) is 1. The topological polar surface area (TPSA) is 36.1 Å². The van der Waals surface area contributed by atoms with Crippen LogP contribution in [0.2, 0.25) is 10.0 Å². The number of benzene rings is 1. The van der Waals surface area contributed by atoms with Crippen LogP contribution in [-0.4, -0.2) is 22.8 Å². The van der Waals surface area contributed by atoms with Crippen molar-refractivity contribution in [2.24, 2.45) is 0 Å². The van der Waals surface area contributed by atoms with Gasteiger partial charge in [-0.15, -0.1) is 0 Å². The number of amides is 1. The van der Waals surface area contributed by atoms with Gasteiger partial charge >= 0.3 is 0 Å². The van der Waals surface area contributed by atoms with E-state index in [0.29, 0.717) is 16.5 Å². The molecule has 1 amide bonds.